The molecule has 2 N–H and O–H groups in total. The van der Waals surface area contributed by atoms with Crippen LogP contribution in [0.5, 0.6) is 0 Å². The number of aryl methyl sites for hydroxylation is 1. The molecular weight excluding hydrogens is 343 g/mol. The molecular formula is C21H19FN4O. The van der Waals surface area contributed by atoms with Gasteiger partial charge in [0.1, 0.15) is 17.6 Å². The lowest BCUT2D eigenvalue weighted by molar-refractivity contribution is 0.479. The molecule has 0 aliphatic heterocycles. The van der Waals surface area contributed by atoms with Gasteiger partial charge in [-0.05, 0) is 55.5 Å². The summed E-state index contributed by atoms with van der Waals surface area (Å²) >= 11 is 0. The van der Waals surface area contributed by atoms with Gasteiger partial charge in [-0.25, -0.2) is 13.9 Å². The maximum Gasteiger partial charge on any atom is 0.156 e. The molecule has 0 bridgehead atoms. The van der Waals surface area contributed by atoms with Gasteiger partial charge < -0.3 is 10.2 Å². The Labute approximate surface area is 155 Å². The topological polar surface area (TPSA) is 69.3 Å². The lowest BCUT2D eigenvalue weighted by atomic mass is 9.92. The molecule has 27 heavy (non-hydrogen) atoms. The lowest BCUT2D eigenvalue weighted by Crippen LogP contribution is -2.22. The van der Waals surface area contributed by atoms with Crippen molar-refractivity contribution in [3.8, 4) is 11.3 Å². The second-order valence-corrected chi connectivity index (χ2v) is 6.93. The first kappa shape index (κ1) is 16.2. The first-order chi connectivity index (χ1) is 13.2. The van der Waals surface area contributed by atoms with Crippen LogP contribution in [0.3, 0.4) is 0 Å². The Kier molecular flexibility index (Phi) is 3.79. The Balaban J connectivity index is 1.75. The molecule has 1 unspecified atom stereocenters. The van der Waals surface area contributed by atoms with E-state index in [4.69, 9.17) is 20.2 Å². The van der Waals surface area contributed by atoms with Crippen LogP contribution in [0.1, 0.15) is 41.6 Å². The fraction of sp³-hybridized carbons (Fsp3) is 0.238. The quantitative estimate of drug-likeness (QED) is 0.597. The van der Waals surface area contributed by atoms with Gasteiger partial charge in [0.25, 0.3) is 0 Å². The van der Waals surface area contributed by atoms with Crippen LogP contribution in [0, 0.1) is 5.82 Å². The summed E-state index contributed by atoms with van der Waals surface area (Å²) in [5.74, 6) is 0.405. The molecule has 6 heteroatoms. The van der Waals surface area contributed by atoms with E-state index in [-0.39, 0.29) is 5.82 Å². The zero-order valence-electron chi connectivity index (χ0n) is 14.7. The molecule has 1 aliphatic carbocycles. The molecule has 4 aromatic rings. The zero-order valence-corrected chi connectivity index (χ0v) is 14.7. The second-order valence-electron chi connectivity index (χ2n) is 6.93. The summed E-state index contributed by atoms with van der Waals surface area (Å²) in [5.41, 5.74) is 11.9. The number of aromatic nitrogens is 3. The van der Waals surface area contributed by atoms with Crippen LogP contribution in [-0.2, 0) is 12.8 Å². The van der Waals surface area contributed by atoms with Crippen molar-refractivity contribution in [1.29, 1.82) is 0 Å². The molecule has 1 atom stereocenters. The highest BCUT2D eigenvalue weighted by Crippen LogP contribution is 2.32. The molecule has 0 saturated heterocycles. The van der Waals surface area contributed by atoms with Gasteiger partial charge in [-0.1, -0.05) is 12.1 Å². The summed E-state index contributed by atoms with van der Waals surface area (Å²) in [7, 11) is 0. The highest BCUT2D eigenvalue weighted by molar-refractivity contribution is 5.65. The van der Waals surface area contributed by atoms with Crippen LogP contribution in [0.4, 0.5) is 4.39 Å². The summed E-state index contributed by atoms with van der Waals surface area (Å²) in [6.07, 6.45) is 5.72. The van der Waals surface area contributed by atoms with E-state index in [2.05, 4.69) is 0 Å². The van der Waals surface area contributed by atoms with Crippen molar-refractivity contribution in [3.63, 3.8) is 0 Å². The number of nitrogens with zero attached hydrogens (tertiary/aromatic N) is 3. The highest BCUT2D eigenvalue weighted by atomic mass is 19.1. The van der Waals surface area contributed by atoms with Crippen molar-refractivity contribution in [1.82, 2.24) is 14.6 Å². The Morgan fingerprint density at radius 3 is 2.81 bits per heavy atom. The molecule has 0 saturated carbocycles. The minimum absolute atomic E-state index is 0.288. The third kappa shape index (κ3) is 2.73. The van der Waals surface area contributed by atoms with E-state index in [1.165, 1.54) is 12.1 Å². The maximum atomic E-state index is 13.7. The number of halogens is 1. The van der Waals surface area contributed by atoms with Gasteiger partial charge in [0, 0.05) is 17.3 Å². The van der Waals surface area contributed by atoms with Gasteiger partial charge in [0.05, 0.1) is 17.7 Å². The molecule has 3 heterocycles. The van der Waals surface area contributed by atoms with Gasteiger partial charge in [0.2, 0.25) is 0 Å². The predicted octanol–water partition coefficient (Wildman–Crippen LogP) is 4.06. The number of nitrogens with two attached hydrogens (primary N) is 1. The first-order valence-electron chi connectivity index (χ1n) is 9.17. The number of hydrogen-bond acceptors (Lipinski definition) is 4. The van der Waals surface area contributed by atoms with E-state index in [1.54, 1.807) is 16.8 Å². The van der Waals surface area contributed by atoms with E-state index in [1.807, 2.05) is 24.3 Å². The van der Waals surface area contributed by atoms with Crippen LogP contribution in [0.2, 0.25) is 0 Å². The molecule has 0 spiro atoms. The van der Waals surface area contributed by atoms with Crippen molar-refractivity contribution in [3.05, 3.63) is 77.3 Å². The molecule has 3 aromatic heterocycles. The summed E-state index contributed by atoms with van der Waals surface area (Å²) < 4.78 is 21.0. The van der Waals surface area contributed by atoms with E-state index < -0.39 is 6.04 Å². The molecule has 0 radical (unpaired) electrons. The number of benzene rings is 1. The first-order valence-corrected chi connectivity index (χ1v) is 9.17. The third-order valence-electron chi connectivity index (χ3n) is 5.18. The van der Waals surface area contributed by atoms with Crippen LogP contribution in [0.15, 0.2) is 53.1 Å². The Morgan fingerprint density at radius 1 is 1.11 bits per heavy atom. The lowest BCUT2D eigenvalue weighted by Gasteiger charge is -2.22. The van der Waals surface area contributed by atoms with E-state index >= 15 is 0 Å². The van der Waals surface area contributed by atoms with Crippen molar-refractivity contribution < 1.29 is 8.81 Å². The van der Waals surface area contributed by atoms with Crippen molar-refractivity contribution in [2.45, 2.75) is 31.7 Å². The van der Waals surface area contributed by atoms with Gasteiger partial charge in [0.15, 0.2) is 5.65 Å². The largest absolute Gasteiger partial charge is 0.467 e. The van der Waals surface area contributed by atoms with E-state index in [0.29, 0.717) is 11.5 Å². The maximum absolute atomic E-state index is 13.7. The normalized spacial score (nSPS) is 15.0. The third-order valence-corrected chi connectivity index (χ3v) is 5.18. The second kappa shape index (κ2) is 6.32. The van der Waals surface area contributed by atoms with Crippen LogP contribution in [0.25, 0.3) is 16.9 Å². The van der Waals surface area contributed by atoms with Crippen molar-refractivity contribution >= 4 is 5.65 Å². The number of furan rings is 1. The smallest absolute Gasteiger partial charge is 0.156 e. The molecule has 5 nitrogen and oxygen atoms in total. The van der Waals surface area contributed by atoms with Crippen molar-refractivity contribution in [2.75, 3.05) is 0 Å². The predicted molar refractivity (Wildman–Crippen MR) is 99.8 cm³/mol. The molecule has 1 aliphatic rings. The molecule has 1 aromatic carbocycles. The average Bonchev–Trinajstić information content (AvgIpc) is 3.35. The summed E-state index contributed by atoms with van der Waals surface area (Å²) in [5, 5.41) is 4.73. The Bertz CT molecular complexity index is 1120. The van der Waals surface area contributed by atoms with Gasteiger partial charge in [-0.15, -0.1) is 0 Å². The minimum atomic E-state index is -0.433. The van der Waals surface area contributed by atoms with Gasteiger partial charge in [-0.2, -0.15) is 5.10 Å². The van der Waals surface area contributed by atoms with Gasteiger partial charge >= 0.3 is 0 Å². The summed E-state index contributed by atoms with van der Waals surface area (Å²) in [4.78, 5) is 4.83. The van der Waals surface area contributed by atoms with Crippen molar-refractivity contribution in [2.24, 2.45) is 5.73 Å². The standard InChI is InChI=1S/C21H19FN4O/c22-14-6-3-5-13(11-14)17-12-19-24-16-8-2-1-7-15(16)21(26(19)25-17)20(23)18-9-4-10-27-18/h3-6,9-12,20H,1-2,7-8,23H2. The number of rotatable bonds is 3. The highest BCUT2D eigenvalue weighted by Gasteiger charge is 2.26. The van der Waals surface area contributed by atoms with E-state index in [0.717, 1.165) is 53.8 Å². The Hall–Kier alpha value is -2.99. The SMILES string of the molecule is NC(c1ccco1)c1c2c(nc3cc(-c4cccc(F)c4)nn13)CCCC2. The van der Waals surface area contributed by atoms with Crippen LogP contribution < -0.4 is 5.73 Å². The van der Waals surface area contributed by atoms with Gasteiger partial charge in [-0.3, -0.25) is 0 Å². The number of hydrogen-bond donors (Lipinski definition) is 1. The molecule has 0 amide bonds. The molecule has 0 fully saturated rings. The monoisotopic (exact) mass is 362 g/mol. The van der Waals surface area contributed by atoms with Crippen LogP contribution in [-0.4, -0.2) is 14.6 Å². The Morgan fingerprint density at radius 2 is 2.00 bits per heavy atom. The summed E-state index contributed by atoms with van der Waals surface area (Å²) in [6, 6.07) is 11.6. The molecule has 136 valence electrons. The van der Waals surface area contributed by atoms with Crippen LogP contribution >= 0.6 is 0 Å². The number of fused-ring (bicyclic) bond motifs is 2. The fourth-order valence-electron chi connectivity index (χ4n) is 3.89. The minimum Gasteiger partial charge on any atom is -0.467 e. The average molecular weight is 362 g/mol. The summed E-state index contributed by atoms with van der Waals surface area (Å²) in [6.45, 7) is 0. The van der Waals surface area contributed by atoms with E-state index in [9.17, 15) is 4.39 Å². The zero-order chi connectivity index (χ0) is 18.4. The fourth-order valence-corrected chi connectivity index (χ4v) is 3.89. The molecule has 5 rings (SSSR count).